The van der Waals surface area contributed by atoms with Crippen molar-refractivity contribution in [3.8, 4) is 0 Å². The summed E-state index contributed by atoms with van der Waals surface area (Å²) in [5.74, 6) is -3.15. The molecule has 5 nitrogen and oxygen atoms in total. The molecule has 0 spiro atoms. The zero-order valence-electron chi connectivity index (χ0n) is 11.1. The number of benzene rings is 1. The van der Waals surface area contributed by atoms with Crippen LogP contribution in [0.5, 0.6) is 0 Å². The lowest BCUT2D eigenvalue weighted by Crippen LogP contribution is -2.29. The van der Waals surface area contributed by atoms with Crippen molar-refractivity contribution in [3.05, 3.63) is 35.4 Å². The van der Waals surface area contributed by atoms with E-state index in [2.05, 4.69) is 5.32 Å². The third-order valence-electron chi connectivity index (χ3n) is 3.26. The fourth-order valence-electron chi connectivity index (χ4n) is 2.17. The van der Waals surface area contributed by atoms with Gasteiger partial charge in [-0.15, -0.1) is 0 Å². The summed E-state index contributed by atoms with van der Waals surface area (Å²) in [6, 6.07) is 3.34. The molecule has 1 amide bonds. The highest BCUT2D eigenvalue weighted by Crippen LogP contribution is 2.48. The molecule has 0 heterocycles. The van der Waals surface area contributed by atoms with Gasteiger partial charge < -0.3 is 15.2 Å². The normalized spacial score (nSPS) is 20.1. The van der Waals surface area contributed by atoms with Crippen molar-refractivity contribution in [1.82, 2.24) is 5.32 Å². The molecule has 114 valence electrons. The van der Waals surface area contributed by atoms with E-state index < -0.39 is 24.2 Å². The fraction of sp³-hybridized carbons (Fsp3) is 0.429. The van der Waals surface area contributed by atoms with Crippen molar-refractivity contribution in [2.75, 3.05) is 19.8 Å². The quantitative estimate of drug-likeness (QED) is 0.744. The van der Waals surface area contributed by atoms with Gasteiger partial charge in [-0.1, -0.05) is 6.07 Å². The van der Waals surface area contributed by atoms with Crippen molar-refractivity contribution < 1.29 is 28.2 Å². The van der Waals surface area contributed by atoms with Crippen LogP contribution in [0.2, 0.25) is 0 Å². The van der Waals surface area contributed by atoms with Crippen LogP contribution in [0.1, 0.15) is 17.9 Å². The Morgan fingerprint density at radius 1 is 1.38 bits per heavy atom. The van der Waals surface area contributed by atoms with Gasteiger partial charge in [0.1, 0.15) is 18.2 Å². The first-order chi connectivity index (χ1) is 9.99. The molecule has 0 saturated heterocycles. The Bertz CT molecular complexity index is 550. The maximum Gasteiger partial charge on any atom is 0.329 e. The predicted octanol–water partition coefficient (Wildman–Crippen LogP) is 1.29. The van der Waals surface area contributed by atoms with E-state index in [4.69, 9.17) is 9.84 Å². The molecule has 0 radical (unpaired) electrons. The van der Waals surface area contributed by atoms with E-state index in [1.807, 2.05) is 0 Å². The number of halogens is 2. The summed E-state index contributed by atoms with van der Waals surface area (Å²) in [5.41, 5.74) is 0.346. The number of carbonyl (C=O) groups excluding carboxylic acids is 1. The zero-order valence-corrected chi connectivity index (χ0v) is 11.1. The van der Waals surface area contributed by atoms with Gasteiger partial charge in [0.05, 0.1) is 6.61 Å². The first kappa shape index (κ1) is 15.4. The lowest BCUT2D eigenvalue weighted by atomic mass is 10.1. The highest BCUT2D eigenvalue weighted by molar-refractivity contribution is 5.82. The summed E-state index contributed by atoms with van der Waals surface area (Å²) < 4.78 is 31.1. The maximum atomic E-state index is 13.6. The summed E-state index contributed by atoms with van der Waals surface area (Å²) in [6.45, 7) is -0.121. The molecular weight excluding hydrogens is 284 g/mol. The summed E-state index contributed by atoms with van der Waals surface area (Å²) in [4.78, 5) is 22.0. The minimum atomic E-state index is -1.07. The maximum absolute atomic E-state index is 13.6. The molecule has 1 saturated carbocycles. The molecule has 2 atom stereocenters. The molecule has 1 fully saturated rings. The van der Waals surface area contributed by atoms with Crippen molar-refractivity contribution in [3.63, 3.8) is 0 Å². The van der Waals surface area contributed by atoms with Crippen LogP contribution in [0.3, 0.4) is 0 Å². The largest absolute Gasteiger partial charge is 0.480 e. The number of hydrogen-bond acceptors (Lipinski definition) is 3. The second-order valence-electron chi connectivity index (χ2n) is 4.85. The van der Waals surface area contributed by atoms with Gasteiger partial charge in [0.2, 0.25) is 5.91 Å². The smallest absolute Gasteiger partial charge is 0.329 e. The topological polar surface area (TPSA) is 75.6 Å². The molecule has 1 aromatic rings. The van der Waals surface area contributed by atoms with Crippen molar-refractivity contribution in [2.45, 2.75) is 12.3 Å². The lowest BCUT2D eigenvalue weighted by Gasteiger charge is -2.05. The fourth-order valence-corrected chi connectivity index (χ4v) is 2.17. The molecule has 1 aromatic carbocycles. The molecule has 7 heteroatoms. The van der Waals surface area contributed by atoms with Crippen LogP contribution in [0.25, 0.3) is 0 Å². The number of nitrogens with one attached hydrogen (secondary N) is 1. The van der Waals surface area contributed by atoms with Crippen molar-refractivity contribution >= 4 is 11.9 Å². The number of aliphatic carboxylic acids is 1. The van der Waals surface area contributed by atoms with Gasteiger partial charge >= 0.3 is 5.97 Å². The Hall–Kier alpha value is -2.02. The summed E-state index contributed by atoms with van der Waals surface area (Å²) in [6.07, 6.45) is 0.518. The lowest BCUT2D eigenvalue weighted by molar-refractivity contribution is -0.142. The molecule has 21 heavy (non-hydrogen) atoms. The van der Waals surface area contributed by atoms with Gasteiger partial charge in [-0.3, -0.25) is 4.79 Å². The van der Waals surface area contributed by atoms with E-state index in [-0.39, 0.29) is 30.9 Å². The Balaban J connectivity index is 1.75. The van der Waals surface area contributed by atoms with Crippen LogP contribution in [0, 0.1) is 17.6 Å². The first-order valence-corrected chi connectivity index (χ1v) is 6.51. The van der Waals surface area contributed by atoms with E-state index in [9.17, 15) is 18.4 Å². The van der Waals surface area contributed by atoms with Crippen LogP contribution in [0.4, 0.5) is 8.78 Å². The van der Waals surface area contributed by atoms with Crippen LogP contribution < -0.4 is 5.32 Å². The Morgan fingerprint density at radius 3 is 2.81 bits per heavy atom. The van der Waals surface area contributed by atoms with Gasteiger partial charge in [0, 0.05) is 18.5 Å². The predicted molar refractivity (Wildman–Crippen MR) is 68.7 cm³/mol. The minimum absolute atomic E-state index is 0.0976. The van der Waals surface area contributed by atoms with Crippen LogP contribution in [0.15, 0.2) is 18.2 Å². The highest BCUT2D eigenvalue weighted by Gasteiger charge is 2.45. The third-order valence-corrected chi connectivity index (χ3v) is 3.26. The average molecular weight is 299 g/mol. The molecule has 2 N–H and O–H groups in total. The Kier molecular flexibility index (Phi) is 4.85. The van der Waals surface area contributed by atoms with Gasteiger partial charge in [-0.25, -0.2) is 13.6 Å². The van der Waals surface area contributed by atoms with Gasteiger partial charge in [0.25, 0.3) is 0 Å². The van der Waals surface area contributed by atoms with Crippen LogP contribution in [-0.2, 0) is 14.3 Å². The van der Waals surface area contributed by atoms with Gasteiger partial charge in [-0.05, 0) is 24.0 Å². The number of carboxylic acids is 1. The standard InChI is InChI=1S/C14H15F2NO4/c15-8-1-2-9(12(16)5-8)10-6-11(10)14(20)17-3-4-21-7-13(18)19/h1-2,5,10-11H,3-4,6-7H2,(H,17,20)(H,18,19). The zero-order chi connectivity index (χ0) is 15.4. The van der Waals surface area contributed by atoms with Gasteiger partial charge in [-0.2, -0.15) is 0 Å². The third kappa shape index (κ3) is 4.22. The van der Waals surface area contributed by atoms with Crippen molar-refractivity contribution in [1.29, 1.82) is 0 Å². The van der Waals surface area contributed by atoms with E-state index in [1.54, 1.807) is 0 Å². The number of amides is 1. The van der Waals surface area contributed by atoms with Crippen LogP contribution >= 0.6 is 0 Å². The summed E-state index contributed by atoms with van der Waals surface area (Å²) >= 11 is 0. The summed E-state index contributed by atoms with van der Waals surface area (Å²) in [7, 11) is 0. The number of ether oxygens (including phenoxy) is 1. The first-order valence-electron chi connectivity index (χ1n) is 6.51. The van der Waals surface area contributed by atoms with E-state index in [0.29, 0.717) is 12.0 Å². The number of carbonyl (C=O) groups is 2. The number of rotatable bonds is 7. The molecule has 1 aliphatic carbocycles. The molecule has 0 bridgehead atoms. The second kappa shape index (κ2) is 6.62. The average Bonchev–Trinajstić information content (AvgIpc) is 3.18. The monoisotopic (exact) mass is 299 g/mol. The number of hydrogen-bond donors (Lipinski definition) is 2. The second-order valence-corrected chi connectivity index (χ2v) is 4.85. The molecule has 0 aliphatic heterocycles. The molecule has 2 unspecified atom stereocenters. The van der Waals surface area contributed by atoms with Crippen LogP contribution in [-0.4, -0.2) is 36.7 Å². The minimum Gasteiger partial charge on any atom is -0.480 e. The molecule has 0 aromatic heterocycles. The van der Waals surface area contributed by atoms with Gasteiger partial charge in [0.15, 0.2) is 0 Å². The molecular formula is C14H15F2NO4. The molecule has 2 rings (SSSR count). The summed E-state index contributed by atoms with van der Waals surface area (Å²) in [5, 5.41) is 10.9. The molecule has 1 aliphatic rings. The number of carboxylic acid groups (broad SMARTS) is 1. The van der Waals surface area contributed by atoms with E-state index >= 15 is 0 Å². The van der Waals surface area contributed by atoms with E-state index in [0.717, 1.165) is 6.07 Å². The highest BCUT2D eigenvalue weighted by atomic mass is 19.1. The van der Waals surface area contributed by atoms with Crippen molar-refractivity contribution in [2.24, 2.45) is 5.92 Å². The Labute approximate surface area is 119 Å². The SMILES string of the molecule is O=C(O)COCCNC(=O)C1CC1c1ccc(F)cc1F. The Morgan fingerprint density at radius 2 is 2.14 bits per heavy atom. The van der Waals surface area contributed by atoms with E-state index in [1.165, 1.54) is 12.1 Å².